The Hall–Kier alpha value is -2.77. The highest BCUT2D eigenvalue weighted by Crippen LogP contribution is 2.32. The van der Waals surface area contributed by atoms with Crippen LogP contribution in [0.3, 0.4) is 0 Å². The highest BCUT2D eigenvalue weighted by atomic mass is 19.3. The third-order valence-electron chi connectivity index (χ3n) is 4.00. The number of carbonyl (C=O) groups is 1. The second-order valence-corrected chi connectivity index (χ2v) is 7.00. The number of ether oxygens (including phenoxy) is 2. The van der Waals surface area contributed by atoms with Crippen molar-refractivity contribution in [2.75, 3.05) is 19.0 Å². The van der Waals surface area contributed by atoms with E-state index in [1.54, 1.807) is 6.07 Å². The largest absolute Gasteiger partial charge is 0.491 e. The molecule has 1 amide bonds. The van der Waals surface area contributed by atoms with Gasteiger partial charge in [0.2, 0.25) is 0 Å². The van der Waals surface area contributed by atoms with Crippen LogP contribution in [0.5, 0.6) is 5.75 Å². The quantitative estimate of drug-likeness (QED) is 0.536. The summed E-state index contributed by atoms with van der Waals surface area (Å²) in [6.07, 6.45) is 0.328. The molecule has 30 heavy (non-hydrogen) atoms. The molecule has 0 bridgehead atoms. The van der Waals surface area contributed by atoms with E-state index < -0.39 is 12.5 Å². The Morgan fingerprint density at radius 2 is 1.87 bits per heavy atom. The van der Waals surface area contributed by atoms with Gasteiger partial charge in [0.1, 0.15) is 11.6 Å². The Bertz CT molecular complexity index is 801. The molecule has 0 aromatic carbocycles. The van der Waals surface area contributed by atoms with Crippen LogP contribution in [-0.2, 0) is 4.74 Å². The molecule has 0 aliphatic heterocycles. The lowest BCUT2D eigenvalue weighted by molar-refractivity contribution is 0.142. The summed E-state index contributed by atoms with van der Waals surface area (Å²) in [5, 5.41) is 2.43. The van der Waals surface area contributed by atoms with E-state index >= 15 is 0 Å². The van der Waals surface area contributed by atoms with Gasteiger partial charge in [-0.2, -0.15) is 0 Å². The first-order chi connectivity index (χ1) is 14.3. The third-order valence-corrected chi connectivity index (χ3v) is 4.00. The van der Waals surface area contributed by atoms with Crippen molar-refractivity contribution in [1.82, 2.24) is 9.97 Å². The van der Waals surface area contributed by atoms with Crippen LogP contribution in [0, 0.1) is 11.8 Å². The minimum atomic E-state index is -2.70. The fourth-order valence-corrected chi connectivity index (χ4v) is 2.83. The maximum atomic E-state index is 13.6. The van der Waals surface area contributed by atoms with Gasteiger partial charge in [0, 0.05) is 11.8 Å². The summed E-state index contributed by atoms with van der Waals surface area (Å²) in [7, 11) is 1.23. The Kier molecular flexibility index (Phi) is 10.7. The molecule has 0 radical (unpaired) electrons. The lowest BCUT2D eigenvalue weighted by atomic mass is 10.00. The van der Waals surface area contributed by atoms with Crippen LogP contribution >= 0.6 is 0 Å². The van der Waals surface area contributed by atoms with E-state index in [0.29, 0.717) is 23.8 Å². The molecular formula is C22H31F2N3O3. The number of alkyl halides is 2. The average molecular weight is 424 g/mol. The van der Waals surface area contributed by atoms with Crippen molar-refractivity contribution in [3.63, 3.8) is 0 Å². The maximum absolute atomic E-state index is 13.6. The fraction of sp³-hybridized carbons (Fsp3) is 0.500. The SMILES string of the molecule is CC.COC(=O)Nc1cc(-c2cc(C(F)F)c(OCC(C)CC(C)C)cn2)ccn1. The van der Waals surface area contributed by atoms with Crippen molar-refractivity contribution >= 4 is 11.9 Å². The van der Waals surface area contributed by atoms with Crippen molar-refractivity contribution in [3.8, 4) is 17.0 Å². The zero-order valence-electron chi connectivity index (χ0n) is 18.4. The molecule has 0 saturated carbocycles. The predicted molar refractivity (Wildman–Crippen MR) is 114 cm³/mol. The third kappa shape index (κ3) is 7.93. The van der Waals surface area contributed by atoms with Gasteiger partial charge in [-0.3, -0.25) is 10.3 Å². The Labute approximate surface area is 177 Å². The minimum absolute atomic E-state index is 0.0799. The van der Waals surface area contributed by atoms with Crippen LogP contribution in [0.15, 0.2) is 30.6 Å². The molecule has 0 spiro atoms. The molecule has 8 heteroatoms. The summed E-state index contributed by atoms with van der Waals surface area (Å²) in [6, 6.07) is 4.44. The molecule has 6 nitrogen and oxygen atoms in total. The molecule has 0 saturated heterocycles. The topological polar surface area (TPSA) is 73.3 Å². The number of hydrogen-bond donors (Lipinski definition) is 1. The van der Waals surface area contributed by atoms with Gasteiger partial charge < -0.3 is 9.47 Å². The number of nitrogens with one attached hydrogen (secondary N) is 1. The van der Waals surface area contributed by atoms with Gasteiger partial charge in [0.15, 0.2) is 0 Å². The van der Waals surface area contributed by atoms with E-state index in [-0.39, 0.29) is 23.0 Å². The molecule has 2 heterocycles. The summed E-state index contributed by atoms with van der Waals surface area (Å²) >= 11 is 0. The molecule has 2 aromatic heterocycles. The number of methoxy groups -OCH3 is 1. The molecular weight excluding hydrogens is 392 g/mol. The van der Waals surface area contributed by atoms with E-state index in [4.69, 9.17) is 4.74 Å². The molecule has 2 rings (SSSR count). The van der Waals surface area contributed by atoms with Crippen LogP contribution < -0.4 is 10.1 Å². The molecule has 1 atom stereocenters. The molecule has 0 aliphatic rings. The number of hydrogen-bond acceptors (Lipinski definition) is 5. The van der Waals surface area contributed by atoms with E-state index in [9.17, 15) is 13.6 Å². The first-order valence-electron chi connectivity index (χ1n) is 10.0. The van der Waals surface area contributed by atoms with E-state index in [0.717, 1.165) is 6.42 Å². The summed E-state index contributed by atoms with van der Waals surface area (Å²) in [6.45, 7) is 10.6. The monoisotopic (exact) mass is 423 g/mol. The second-order valence-electron chi connectivity index (χ2n) is 7.00. The first-order valence-corrected chi connectivity index (χ1v) is 10.0. The standard InChI is InChI=1S/C20H25F2N3O3.C2H6/c1-12(2)7-13(3)11-28-17-10-24-16(9-15(17)19(21)22)14-5-6-23-18(8-14)25-20(26)27-4;1-2/h5-6,8-10,12-13,19H,7,11H2,1-4H3,(H,23,25,26);1-2H3. The number of aromatic nitrogens is 2. The van der Waals surface area contributed by atoms with Gasteiger partial charge >= 0.3 is 6.09 Å². The summed E-state index contributed by atoms with van der Waals surface area (Å²) in [5.41, 5.74) is 0.636. The molecule has 0 fully saturated rings. The van der Waals surface area contributed by atoms with E-state index in [1.807, 2.05) is 20.8 Å². The highest BCUT2D eigenvalue weighted by molar-refractivity contribution is 5.84. The summed E-state index contributed by atoms with van der Waals surface area (Å²) in [5.74, 6) is 1.06. The van der Waals surface area contributed by atoms with Crippen molar-refractivity contribution in [2.24, 2.45) is 11.8 Å². The normalized spacial score (nSPS) is 11.5. The fourth-order valence-electron chi connectivity index (χ4n) is 2.83. The number of pyridine rings is 2. The van der Waals surface area contributed by atoms with Crippen LogP contribution in [0.1, 0.15) is 53.0 Å². The zero-order chi connectivity index (χ0) is 22.7. The lowest BCUT2D eigenvalue weighted by Gasteiger charge is -2.17. The number of anilines is 1. The van der Waals surface area contributed by atoms with Crippen molar-refractivity contribution in [2.45, 2.75) is 47.5 Å². The van der Waals surface area contributed by atoms with Gasteiger partial charge in [-0.15, -0.1) is 0 Å². The zero-order valence-corrected chi connectivity index (χ0v) is 18.4. The Balaban J connectivity index is 0.00000218. The second kappa shape index (κ2) is 12.7. The average Bonchev–Trinajstić information content (AvgIpc) is 2.73. The number of carbonyl (C=O) groups excluding carboxylic acids is 1. The molecule has 166 valence electrons. The van der Waals surface area contributed by atoms with Crippen molar-refractivity contribution in [1.29, 1.82) is 0 Å². The number of halogens is 2. The molecule has 1 unspecified atom stereocenters. The predicted octanol–water partition coefficient (Wildman–Crippen LogP) is 6.35. The Morgan fingerprint density at radius 3 is 2.47 bits per heavy atom. The molecule has 0 aliphatic carbocycles. The van der Waals surface area contributed by atoms with Gasteiger partial charge in [-0.1, -0.05) is 34.6 Å². The van der Waals surface area contributed by atoms with Crippen LogP contribution in [0.4, 0.5) is 19.4 Å². The first kappa shape index (κ1) is 25.3. The Morgan fingerprint density at radius 1 is 1.17 bits per heavy atom. The summed E-state index contributed by atoms with van der Waals surface area (Å²) in [4.78, 5) is 19.5. The van der Waals surface area contributed by atoms with E-state index in [1.165, 1.54) is 31.6 Å². The van der Waals surface area contributed by atoms with Gasteiger partial charge in [-0.05, 0) is 36.5 Å². The van der Waals surface area contributed by atoms with Crippen LogP contribution in [-0.4, -0.2) is 29.8 Å². The van der Waals surface area contributed by atoms with Gasteiger partial charge in [0.05, 0.1) is 31.2 Å². The van der Waals surface area contributed by atoms with Gasteiger partial charge in [-0.25, -0.2) is 18.6 Å². The molecule has 2 aromatic rings. The number of nitrogens with zero attached hydrogens (tertiary/aromatic N) is 2. The van der Waals surface area contributed by atoms with Gasteiger partial charge in [0.25, 0.3) is 6.43 Å². The lowest BCUT2D eigenvalue weighted by Crippen LogP contribution is -2.12. The smallest absolute Gasteiger partial charge is 0.412 e. The van der Waals surface area contributed by atoms with E-state index in [2.05, 4.69) is 33.9 Å². The van der Waals surface area contributed by atoms with Crippen LogP contribution in [0.2, 0.25) is 0 Å². The van der Waals surface area contributed by atoms with Crippen molar-refractivity contribution < 1.29 is 23.0 Å². The molecule has 1 N–H and O–H groups in total. The van der Waals surface area contributed by atoms with Crippen LogP contribution in [0.25, 0.3) is 11.3 Å². The number of amides is 1. The number of rotatable bonds is 8. The summed E-state index contributed by atoms with van der Waals surface area (Å²) < 4.78 is 37.3. The highest BCUT2D eigenvalue weighted by Gasteiger charge is 2.18. The van der Waals surface area contributed by atoms with Crippen molar-refractivity contribution in [3.05, 3.63) is 36.2 Å². The maximum Gasteiger partial charge on any atom is 0.412 e. The minimum Gasteiger partial charge on any atom is -0.491 e.